The summed E-state index contributed by atoms with van der Waals surface area (Å²) < 4.78 is 6.79. The summed E-state index contributed by atoms with van der Waals surface area (Å²) in [5.74, 6) is 3.73. The van der Waals surface area contributed by atoms with Crippen LogP contribution < -0.4 is 0 Å². The molecule has 4 unspecified atom stereocenters. The minimum Gasteiger partial charge on any atom is -0.377 e. The van der Waals surface area contributed by atoms with Crippen molar-refractivity contribution >= 4 is 17.1 Å². The molecule has 4 heteroatoms. The van der Waals surface area contributed by atoms with Gasteiger partial charge in [-0.2, -0.15) is 0 Å². The van der Waals surface area contributed by atoms with Gasteiger partial charge in [-0.15, -0.1) is 11.3 Å². The lowest BCUT2D eigenvalue weighted by Crippen LogP contribution is -2.68. The first-order chi connectivity index (χ1) is 18.7. The highest BCUT2D eigenvalue weighted by molar-refractivity contribution is 7.09. The molecule has 7 aliphatic rings. The lowest BCUT2D eigenvalue weighted by atomic mass is 9.31. The van der Waals surface area contributed by atoms with E-state index in [1.54, 1.807) is 11.3 Å². The molecule has 220 valence electrons. The van der Waals surface area contributed by atoms with Crippen LogP contribution in [0.15, 0.2) is 5.51 Å². The molecule has 6 aliphatic carbocycles. The summed E-state index contributed by atoms with van der Waals surface area (Å²) >= 11 is 1.80. The van der Waals surface area contributed by atoms with E-state index in [1.807, 2.05) is 5.51 Å². The van der Waals surface area contributed by atoms with Gasteiger partial charge in [-0.25, -0.2) is 4.98 Å². The minimum absolute atomic E-state index is 0.154. The Hall–Kier alpha value is -0.740. The molecule has 7 fully saturated rings. The third kappa shape index (κ3) is 2.89. The lowest BCUT2D eigenvalue weighted by molar-refractivity contribution is -0.244. The number of hydrogen-bond acceptors (Lipinski definition) is 4. The van der Waals surface area contributed by atoms with E-state index in [9.17, 15) is 4.79 Å². The summed E-state index contributed by atoms with van der Waals surface area (Å²) in [7, 11) is 0. The van der Waals surface area contributed by atoms with E-state index in [0.29, 0.717) is 51.3 Å². The third-order valence-electron chi connectivity index (χ3n) is 16.2. The standard InChI is InChI=1S/C36H53NO2S/c1-21-27(40-20-37-21)23-17-36(23)18-32(6)24(31(4,5)29(36)38)11-12-34(8)25(32)10-9-22-26-28-30(2,3)13-15-35(26,19-39-28)16-14-33(22,34)7/h20,22-26,28H,9-19H2,1-8H3/t22?,23-,24?,25?,26?,28+,32+,33-,34-,35-,36-/m1/s1. The monoisotopic (exact) mass is 563 g/mol. The van der Waals surface area contributed by atoms with Crippen LogP contribution in [-0.2, 0) is 9.53 Å². The molecule has 0 aromatic carbocycles. The summed E-state index contributed by atoms with van der Waals surface area (Å²) in [5.41, 5.74) is 4.46. The Kier molecular flexibility index (Phi) is 5.14. The minimum atomic E-state index is -0.240. The van der Waals surface area contributed by atoms with Crippen LogP contribution in [0.1, 0.15) is 129 Å². The number of ketones is 1. The molecule has 40 heavy (non-hydrogen) atoms. The Morgan fingerprint density at radius 1 is 0.900 bits per heavy atom. The number of Topliss-reactive ketones (excluding diaryl/α,β-unsaturated/α-hetero) is 1. The van der Waals surface area contributed by atoms with E-state index < -0.39 is 0 Å². The zero-order chi connectivity index (χ0) is 28.3. The normalized spacial score (nSPS) is 55.2. The van der Waals surface area contributed by atoms with Crippen LogP contribution in [0.25, 0.3) is 0 Å². The molecule has 6 saturated carbocycles. The number of aromatic nitrogens is 1. The second-order valence-electron chi connectivity index (χ2n) is 18.2. The van der Waals surface area contributed by atoms with E-state index in [0.717, 1.165) is 37.0 Å². The summed E-state index contributed by atoms with van der Waals surface area (Å²) in [5, 5.41) is 0. The van der Waals surface area contributed by atoms with E-state index in [1.165, 1.54) is 56.2 Å². The lowest BCUT2D eigenvalue weighted by Gasteiger charge is -2.73. The smallest absolute Gasteiger partial charge is 0.145 e. The zero-order valence-electron chi connectivity index (χ0n) is 26.5. The Bertz CT molecular complexity index is 1280. The van der Waals surface area contributed by atoms with Crippen LogP contribution in [0.3, 0.4) is 0 Å². The van der Waals surface area contributed by atoms with Crippen molar-refractivity contribution in [3.05, 3.63) is 16.1 Å². The van der Waals surface area contributed by atoms with Gasteiger partial charge in [0.05, 0.1) is 23.9 Å². The maximum Gasteiger partial charge on any atom is 0.145 e. The molecule has 1 aliphatic heterocycles. The van der Waals surface area contributed by atoms with Crippen molar-refractivity contribution in [3.8, 4) is 0 Å². The van der Waals surface area contributed by atoms with Gasteiger partial charge in [-0.1, -0.05) is 48.5 Å². The maximum atomic E-state index is 14.4. The highest BCUT2D eigenvalue weighted by Gasteiger charge is 2.77. The summed E-state index contributed by atoms with van der Waals surface area (Å²) in [6.45, 7) is 21.0. The van der Waals surface area contributed by atoms with Crippen molar-refractivity contribution in [1.29, 1.82) is 0 Å². The van der Waals surface area contributed by atoms with Crippen molar-refractivity contribution in [2.75, 3.05) is 6.61 Å². The van der Waals surface area contributed by atoms with Gasteiger partial charge < -0.3 is 4.74 Å². The molecular formula is C36H53NO2S. The zero-order valence-corrected chi connectivity index (χ0v) is 27.3. The average molecular weight is 564 g/mol. The number of thiazole rings is 1. The predicted molar refractivity (Wildman–Crippen MR) is 161 cm³/mol. The number of fused-ring (bicyclic) bond motifs is 5. The molecule has 1 saturated heterocycles. The molecule has 1 aromatic rings. The average Bonchev–Trinajstić information content (AvgIpc) is 3.23. The fraction of sp³-hybridized carbons (Fsp3) is 0.889. The van der Waals surface area contributed by atoms with Crippen molar-refractivity contribution in [3.63, 3.8) is 0 Å². The van der Waals surface area contributed by atoms with Crippen LogP contribution in [0.4, 0.5) is 0 Å². The second kappa shape index (κ2) is 7.66. The van der Waals surface area contributed by atoms with Gasteiger partial charge in [0.25, 0.3) is 0 Å². The van der Waals surface area contributed by atoms with Crippen LogP contribution in [0.5, 0.6) is 0 Å². The van der Waals surface area contributed by atoms with Gasteiger partial charge in [0.1, 0.15) is 5.78 Å². The van der Waals surface area contributed by atoms with E-state index in [-0.39, 0.29) is 16.2 Å². The van der Waals surface area contributed by atoms with E-state index in [2.05, 4.69) is 60.4 Å². The van der Waals surface area contributed by atoms with Crippen LogP contribution >= 0.6 is 11.3 Å². The number of carbonyl (C=O) groups is 1. The second-order valence-corrected chi connectivity index (χ2v) is 19.1. The molecule has 3 nitrogen and oxygen atoms in total. The van der Waals surface area contributed by atoms with Crippen molar-refractivity contribution in [1.82, 2.24) is 4.98 Å². The Balaban J connectivity index is 1.19. The van der Waals surface area contributed by atoms with E-state index in [4.69, 9.17) is 4.74 Å². The third-order valence-corrected chi connectivity index (χ3v) is 17.2. The molecule has 2 heterocycles. The Morgan fingerprint density at radius 2 is 1.65 bits per heavy atom. The molecule has 0 radical (unpaired) electrons. The summed E-state index contributed by atoms with van der Waals surface area (Å²) in [4.78, 5) is 20.4. The highest BCUT2D eigenvalue weighted by Crippen LogP contribution is 2.81. The van der Waals surface area contributed by atoms with Crippen LogP contribution in [-0.4, -0.2) is 23.5 Å². The predicted octanol–water partition coefficient (Wildman–Crippen LogP) is 8.99. The molecule has 0 N–H and O–H groups in total. The van der Waals surface area contributed by atoms with Crippen LogP contribution in [0.2, 0.25) is 0 Å². The summed E-state index contributed by atoms with van der Waals surface area (Å²) in [6.07, 6.45) is 13.4. The van der Waals surface area contributed by atoms with Crippen molar-refractivity contribution < 1.29 is 9.53 Å². The Morgan fingerprint density at radius 3 is 2.38 bits per heavy atom. The molecule has 1 aromatic heterocycles. The quantitative estimate of drug-likeness (QED) is 0.342. The topological polar surface area (TPSA) is 39.2 Å². The molecule has 8 rings (SSSR count). The number of nitrogens with zero attached hydrogens (tertiary/aromatic N) is 1. The first-order valence-electron chi connectivity index (χ1n) is 16.7. The first kappa shape index (κ1) is 26.9. The fourth-order valence-electron chi connectivity index (χ4n) is 14.1. The van der Waals surface area contributed by atoms with Gasteiger partial charge in [-0.05, 0) is 122 Å². The van der Waals surface area contributed by atoms with Crippen molar-refractivity contribution in [2.45, 2.75) is 132 Å². The fourth-order valence-corrected chi connectivity index (χ4v) is 15.1. The Labute approximate surface area is 247 Å². The molecule has 0 amide bonds. The number of hydrogen-bond donors (Lipinski definition) is 0. The summed E-state index contributed by atoms with van der Waals surface area (Å²) in [6, 6.07) is 0. The number of rotatable bonds is 1. The number of aryl methyl sites for hydroxylation is 1. The van der Waals surface area contributed by atoms with Gasteiger partial charge >= 0.3 is 0 Å². The van der Waals surface area contributed by atoms with Gasteiger partial charge in [0.15, 0.2) is 0 Å². The largest absolute Gasteiger partial charge is 0.377 e. The van der Waals surface area contributed by atoms with E-state index >= 15 is 0 Å². The van der Waals surface area contributed by atoms with Crippen molar-refractivity contribution in [2.24, 2.45) is 61.6 Å². The van der Waals surface area contributed by atoms with Gasteiger partial charge in [0.2, 0.25) is 0 Å². The van der Waals surface area contributed by atoms with Gasteiger partial charge in [-0.3, -0.25) is 4.79 Å². The van der Waals surface area contributed by atoms with Crippen LogP contribution in [0, 0.1) is 68.5 Å². The molecule has 2 bridgehead atoms. The maximum absolute atomic E-state index is 14.4. The number of carbonyl (C=O) groups excluding carboxylic acids is 1. The first-order valence-corrected chi connectivity index (χ1v) is 17.6. The molecular weight excluding hydrogens is 510 g/mol. The van der Waals surface area contributed by atoms with Gasteiger partial charge in [0, 0.05) is 21.6 Å². The SMILES string of the molecule is Cc1ncsc1[C@H]1C[C@@]12C[C@@]1(C)C(CC[C@]3(C)C1CCC1C4[C@@H]5OC[C@@]4(CCC5(C)C)CC[C@]13C)C(C)(C)C2=O. The number of ether oxygens (including phenoxy) is 1. The molecule has 11 atom stereocenters. The highest BCUT2D eigenvalue weighted by atomic mass is 32.1. The molecule has 1 spiro atoms.